The Hall–Kier alpha value is -4.13. The highest BCUT2D eigenvalue weighted by molar-refractivity contribution is 6.07. The third kappa shape index (κ3) is 6.97. The first-order chi connectivity index (χ1) is 18.0. The molecule has 2 N–H and O–H groups in total. The molecule has 3 aromatic rings. The lowest BCUT2D eigenvalue weighted by molar-refractivity contribution is -0.121. The van der Waals surface area contributed by atoms with E-state index in [2.05, 4.69) is 16.7 Å². The van der Waals surface area contributed by atoms with Gasteiger partial charge in [0, 0.05) is 37.0 Å². The summed E-state index contributed by atoms with van der Waals surface area (Å²) in [5, 5.41) is 5.98. The van der Waals surface area contributed by atoms with E-state index in [0.717, 1.165) is 29.8 Å². The van der Waals surface area contributed by atoms with Crippen molar-refractivity contribution in [1.82, 2.24) is 10.6 Å². The molecule has 0 saturated carbocycles. The molecule has 7 nitrogen and oxygen atoms in total. The highest BCUT2D eigenvalue weighted by Gasteiger charge is 2.31. The quantitative estimate of drug-likeness (QED) is 0.435. The van der Waals surface area contributed by atoms with E-state index >= 15 is 0 Å². The van der Waals surface area contributed by atoms with Gasteiger partial charge >= 0.3 is 0 Å². The standard InChI is InChI=1S/C30H34N4O3/c1-23(35)31-20-11-21-33(26-16-6-3-7-17-26)22-29(36)32-28-19-10-15-24-12-8-9-18-27(24)34(28)30(37)25-13-4-2-5-14-25/h2-9,12-14,16-18,28H,10-11,15,19-22H2,1H3,(H,31,35)(H,32,36). The number of amides is 3. The molecule has 1 heterocycles. The van der Waals surface area contributed by atoms with Gasteiger partial charge in [-0.25, -0.2) is 0 Å². The van der Waals surface area contributed by atoms with Crippen molar-refractivity contribution >= 4 is 29.1 Å². The normalized spacial score (nSPS) is 14.7. The number of benzene rings is 3. The Kier molecular flexibility index (Phi) is 8.92. The van der Waals surface area contributed by atoms with Gasteiger partial charge in [0.2, 0.25) is 11.8 Å². The maximum atomic E-state index is 13.7. The second-order valence-corrected chi connectivity index (χ2v) is 9.24. The van der Waals surface area contributed by atoms with Crippen molar-refractivity contribution < 1.29 is 14.4 Å². The van der Waals surface area contributed by atoms with Crippen LogP contribution in [0, 0.1) is 0 Å². The Morgan fingerprint density at radius 1 is 0.919 bits per heavy atom. The molecule has 0 fully saturated rings. The number of carbonyl (C=O) groups is 3. The van der Waals surface area contributed by atoms with Crippen molar-refractivity contribution in [2.24, 2.45) is 0 Å². The lowest BCUT2D eigenvalue weighted by Gasteiger charge is -2.33. The van der Waals surface area contributed by atoms with Crippen LogP contribution in [0.3, 0.4) is 0 Å². The second-order valence-electron chi connectivity index (χ2n) is 9.24. The summed E-state index contributed by atoms with van der Waals surface area (Å²) in [7, 11) is 0. The first-order valence-corrected chi connectivity index (χ1v) is 12.8. The molecule has 7 heteroatoms. The number of carbonyl (C=O) groups excluding carboxylic acids is 3. The van der Waals surface area contributed by atoms with E-state index in [-0.39, 0.29) is 24.3 Å². The van der Waals surface area contributed by atoms with Crippen LogP contribution in [-0.4, -0.2) is 43.5 Å². The lowest BCUT2D eigenvalue weighted by Crippen LogP contribution is -2.53. The molecule has 192 valence electrons. The van der Waals surface area contributed by atoms with Gasteiger partial charge in [-0.2, -0.15) is 0 Å². The molecule has 0 spiro atoms. The summed E-state index contributed by atoms with van der Waals surface area (Å²) in [6.07, 6.45) is 2.62. The summed E-state index contributed by atoms with van der Waals surface area (Å²) in [6.45, 7) is 2.79. The fourth-order valence-electron chi connectivity index (χ4n) is 4.72. The predicted octanol–water partition coefficient (Wildman–Crippen LogP) is 4.14. The number of hydrogen-bond acceptors (Lipinski definition) is 4. The molecule has 0 aromatic heterocycles. The maximum Gasteiger partial charge on any atom is 0.259 e. The van der Waals surface area contributed by atoms with Crippen LogP contribution in [0.4, 0.5) is 11.4 Å². The van der Waals surface area contributed by atoms with Crippen molar-refractivity contribution in [2.75, 3.05) is 29.4 Å². The molecule has 1 unspecified atom stereocenters. The Labute approximate surface area is 218 Å². The fraction of sp³-hybridized carbons (Fsp3) is 0.300. The minimum atomic E-state index is -0.458. The van der Waals surface area contributed by atoms with E-state index in [4.69, 9.17) is 0 Å². The van der Waals surface area contributed by atoms with Gasteiger partial charge in [-0.1, -0.05) is 54.6 Å². The SMILES string of the molecule is CC(=O)NCCCN(CC(=O)NC1CCCc2ccccc2N1C(=O)c1ccccc1)c1ccccc1. The molecule has 0 saturated heterocycles. The molecular weight excluding hydrogens is 464 g/mol. The summed E-state index contributed by atoms with van der Waals surface area (Å²) >= 11 is 0. The van der Waals surface area contributed by atoms with Crippen LogP contribution in [0.25, 0.3) is 0 Å². The van der Waals surface area contributed by atoms with Crippen molar-refractivity contribution in [2.45, 2.75) is 38.8 Å². The van der Waals surface area contributed by atoms with Crippen LogP contribution in [0.1, 0.15) is 42.1 Å². The predicted molar refractivity (Wildman–Crippen MR) is 147 cm³/mol. The summed E-state index contributed by atoms with van der Waals surface area (Å²) in [5.41, 5.74) is 3.47. The smallest absolute Gasteiger partial charge is 0.259 e. The van der Waals surface area contributed by atoms with Gasteiger partial charge in [0.15, 0.2) is 0 Å². The number of nitrogens with zero attached hydrogens (tertiary/aromatic N) is 2. The van der Waals surface area contributed by atoms with Gasteiger partial charge in [-0.05, 0) is 61.6 Å². The summed E-state index contributed by atoms with van der Waals surface area (Å²) in [4.78, 5) is 42.1. The lowest BCUT2D eigenvalue weighted by atomic mass is 10.1. The molecule has 3 aromatic carbocycles. The van der Waals surface area contributed by atoms with Crippen molar-refractivity contribution in [3.63, 3.8) is 0 Å². The van der Waals surface area contributed by atoms with Crippen molar-refractivity contribution in [1.29, 1.82) is 0 Å². The fourth-order valence-corrected chi connectivity index (χ4v) is 4.72. The van der Waals surface area contributed by atoms with Gasteiger partial charge in [0.05, 0.1) is 6.54 Å². The van der Waals surface area contributed by atoms with Crippen LogP contribution in [-0.2, 0) is 16.0 Å². The number of rotatable bonds is 9. The summed E-state index contributed by atoms with van der Waals surface area (Å²) in [5.74, 6) is -0.352. The molecular formula is C30H34N4O3. The molecule has 3 amide bonds. The molecule has 37 heavy (non-hydrogen) atoms. The second kappa shape index (κ2) is 12.7. The average Bonchev–Trinajstić information content (AvgIpc) is 3.09. The van der Waals surface area contributed by atoms with Crippen molar-refractivity contribution in [3.05, 3.63) is 96.1 Å². The van der Waals surface area contributed by atoms with Crippen LogP contribution in [0.5, 0.6) is 0 Å². The van der Waals surface area contributed by atoms with E-state index in [1.165, 1.54) is 6.92 Å². The Bertz CT molecular complexity index is 1200. The Morgan fingerprint density at radius 2 is 1.59 bits per heavy atom. The summed E-state index contributed by atoms with van der Waals surface area (Å²) in [6, 6.07) is 26.9. The van der Waals surface area contributed by atoms with E-state index in [1.54, 1.807) is 17.0 Å². The minimum Gasteiger partial charge on any atom is -0.362 e. The first-order valence-electron chi connectivity index (χ1n) is 12.8. The number of aryl methyl sites for hydroxylation is 1. The molecule has 0 aliphatic carbocycles. The van der Waals surface area contributed by atoms with E-state index in [0.29, 0.717) is 31.5 Å². The molecule has 1 aliphatic rings. The van der Waals surface area contributed by atoms with E-state index < -0.39 is 6.17 Å². The van der Waals surface area contributed by atoms with Crippen LogP contribution >= 0.6 is 0 Å². The summed E-state index contributed by atoms with van der Waals surface area (Å²) < 4.78 is 0. The zero-order valence-corrected chi connectivity index (χ0v) is 21.2. The zero-order chi connectivity index (χ0) is 26.0. The molecule has 1 aliphatic heterocycles. The van der Waals surface area contributed by atoms with Gasteiger partial charge in [0.25, 0.3) is 5.91 Å². The topological polar surface area (TPSA) is 81.8 Å². The number of anilines is 2. The first kappa shape index (κ1) is 25.9. The van der Waals surface area contributed by atoms with Crippen LogP contribution in [0.2, 0.25) is 0 Å². The number of nitrogens with one attached hydrogen (secondary N) is 2. The van der Waals surface area contributed by atoms with Crippen LogP contribution < -0.4 is 20.4 Å². The van der Waals surface area contributed by atoms with E-state index in [9.17, 15) is 14.4 Å². The molecule has 4 rings (SSSR count). The third-order valence-electron chi connectivity index (χ3n) is 6.49. The number of hydrogen-bond donors (Lipinski definition) is 2. The Balaban J connectivity index is 1.53. The zero-order valence-electron chi connectivity index (χ0n) is 21.2. The van der Waals surface area contributed by atoms with Gasteiger partial charge < -0.3 is 15.5 Å². The maximum absolute atomic E-state index is 13.7. The van der Waals surface area contributed by atoms with Crippen LogP contribution in [0.15, 0.2) is 84.9 Å². The monoisotopic (exact) mass is 498 g/mol. The molecule has 0 radical (unpaired) electrons. The molecule has 0 bridgehead atoms. The number of fused-ring (bicyclic) bond motifs is 1. The number of para-hydroxylation sites is 2. The van der Waals surface area contributed by atoms with Gasteiger partial charge in [-0.3, -0.25) is 19.3 Å². The average molecular weight is 499 g/mol. The van der Waals surface area contributed by atoms with Crippen molar-refractivity contribution in [3.8, 4) is 0 Å². The molecule has 1 atom stereocenters. The van der Waals surface area contributed by atoms with E-state index in [1.807, 2.05) is 71.6 Å². The highest BCUT2D eigenvalue weighted by Crippen LogP contribution is 2.30. The highest BCUT2D eigenvalue weighted by atomic mass is 16.2. The minimum absolute atomic E-state index is 0.0687. The largest absolute Gasteiger partial charge is 0.362 e. The van der Waals surface area contributed by atoms with Gasteiger partial charge in [-0.15, -0.1) is 0 Å². The van der Waals surface area contributed by atoms with Gasteiger partial charge in [0.1, 0.15) is 6.17 Å². The Morgan fingerprint density at radius 3 is 2.32 bits per heavy atom. The third-order valence-corrected chi connectivity index (χ3v) is 6.49.